The molecule has 0 spiro atoms. The van der Waals surface area contributed by atoms with Gasteiger partial charge in [0, 0.05) is 19.6 Å². The third-order valence-electron chi connectivity index (χ3n) is 2.69. The maximum absolute atomic E-state index is 11.6. The summed E-state index contributed by atoms with van der Waals surface area (Å²) in [5.41, 5.74) is 0. The first-order chi connectivity index (χ1) is 7.67. The highest BCUT2D eigenvalue weighted by atomic mass is 16.5. The Morgan fingerprint density at radius 2 is 2.44 bits per heavy atom. The first-order valence-corrected chi connectivity index (χ1v) is 5.85. The number of carbonyl (C=O) groups excluding carboxylic acids is 1. The van der Waals surface area contributed by atoms with Crippen LogP contribution in [0.2, 0.25) is 0 Å². The van der Waals surface area contributed by atoms with Crippen molar-refractivity contribution in [1.29, 1.82) is 0 Å². The van der Waals surface area contributed by atoms with E-state index in [1.165, 1.54) is 0 Å². The maximum atomic E-state index is 11.6. The summed E-state index contributed by atoms with van der Waals surface area (Å²) < 4.78 is 10.5. The summed E-state index contributed by atoms with van der Waals surface area (Å²) in [5, 5.41) is 2.99. The number of nitrogens with one attached hydrogen (secondary N) is 1. The molecule has 0 amide bonds. The molecule has 1 saturated heterocycles. The molecular weight excluding hydrogens is 208 g/mol. The van der Waals surface area contributed by atoms with Crippen LogP contribution in [0.4, 0.5) is 0 Å². The van der Waals surface area contributed by atoms with Gasteiger partial charge in [0.1, 0.15) is 6.04 Å². The Hall–Kier alpha value is -0.650. The molecule has 0 radical (unpaired) electrons. The molecular formula is C11H22N2O3. The predicted octanol–water partition coefficient (Wildman–Crippen LogP) is -0.142. The Bertz CT molecular complexity index is 223. The Morgan fingerprint density at radius 1 is 1.69 bits per heavy atom. The van der Waals surface area contributed by atoms with Gasteiger partial charge < -0.3 is 14.8 Å². The standard InChI is InChI=1S/C11H22N2O3/c1-4-15-11(14)10(12-3)8-13-5-6-16-9(2)7-13/h9-10,12H,4-8H2,1-3H3. The first-order valence-electron chi connectivity index (χ1n) is 5.85. The van der Waals surface area contributed by atoms with Gasteiger partial charge in [-0.05, 0) is 20.9 Å². The topological polar surface area (TPSA) is 50.8 Å². The molecule has 5 nitrogen and oxygen atoms in total. The van der Waals surface area contributed by atoms with Crippen LogP contribution in [0.1, 0.15) is 13.8 Å². The fraction of sp³-hybridized carbons (Fsp3) is 0.909. The van der Waals surface area contributed by atoms with E-state index in [0.717, 1.165) is 19.7 Å². The number of likely N-dealkylation sites (N-methyl/N-ethyl adjacent to an activating group) is 1. The fourth-order valence-corrected chi connectivity index (χ4v) is 1.84. The van der Waals surface area contributed by atoms with Gasteiger partial charge in [0.25, 0.3) is 0 Å². The van der Waals surface area contributed by atoms with Crippen LogP contribution in [-0.4, -0.2) is 62.9 Å². The lowest BCUT2D eigenvalue weighted by molar-refractivity contribution is -0.146. The molecule has 0 aliphatic carbocycles. The second-order valence-electron chi connectivity index (χ2n) is 4.03. The van der Waals surface area contributed by atoms with Gasteiger partial charge in [-0.15, -0.1) is 0 Å². The summed E-state index contributed by atoms with van der Waals surface area (Å²) in [4.78, 5) is 13.8. The predicted molar refractivity (Wildman–Crippen MR) is 61.3 cm³/mol. The third-order valence-corrected chi connectivity index (χ3v) is 2.69. The lowest BCUT2D eigenvalue weighted by atomic mass is 10.2. The molecule has 0 aromatic rings. The Kier molecular flexibility index (Phi) is 5.73. The summed E-state index contributed by atoms with van der Waals surface area (Å²) >= 11 is 0. The molecule has 2 unspecified atom stereocenters. The van der Waals surface area contributed by atoms with Crippen LogP contribution >= 0.6 is 0 Å². The van der Waals surface area contributed by atoms with Crippen LogP contribution in [0.5, 0.6) is 0 Å². The van der Waals surface area contributed by atoms with E-state index in [2.05, 4.69) is 10.2 Å². The average Bonchev–Trinajstić information content (AvgIpc) is 2.26. The highest BCUT2D eigenvalue weighted by molar-refractivity contribution is 5.76. The molecule has 16 heavy (non-hydrogen) atoms. The highest BCUT2D eigenvalue weighted by Crippen LogP contribution is 2.05. The second-order valence-corrected chi connectivity index (χ2v) is 4.03. The summed E-state index contributed by atoms with van der Waals surface area (Å²) in [5.74, 6) is -0.177. The quantitative estimate of drug-likeness (QED) is 0.666. The minimum absolute atomic E-state index is 0.177. The lowest BCUT2D eigenvalue weighted by Crippen LogP contribution is -2.50. The number of morpholine rings is 1. The lowest BCUT2D eigenvalue weighted by Gasteiger charge is -2.32. The van der Waals surface area contributed by atoms with Gasteiger partial charge in [0.15, 0.2) is 0 Å². The summed E-state index contributed by atoms with van der Waals surface area (Å²) in [6.07, 6.45) is 0.244. The van der Waals surface area contributed by atoms with Gasteiger partial charge in [-0.1, -0.05) is 0 Å². The number of ether oxygens (including phenoxy) is 2. The molecule has 0 aromatic heterocycles. The van der Waals surface area contributed by atoms with E-state index in [1.807, 2.05) is 13.8 Å². The zero-order chi connectivity index (χ0) is 12.0. The van der Waals surface area contributed by atoms with E-state index in [-0.39, 0.29) is 18.1 Å². The van der Waals surface area contributed by atoms with Gasteiger partial charge in [0.2, 0.25) is 0 Å². The van der Waals surface area contributed by atoms with Crippen LogP contribution in [0.15, 0.2) is 0 Å². The van der Waals surface area contributed by atoms with Crippen molar-refractivity contribution >= 4 is 5.97 Å². The summed E-state index contributed by atoms with van der Waals surface area (Å²) in [6, 6.07) is -0.245. The van der Waals surface area contributed by atoms with Gasteiger partial charge in [-0.2, -0.15) is 0 Å². The van der Waals surface area contributed by atoms with Crippen molar-refractivity contribution in [1.82, 2.24) is 10.2 Å². The van der Waals surface area contributed by atoms with Crippen molar-refractivity contribution in [2.45, 2.75) is 26.0 Å². The van der Waals surface area contributed by atoms with Crippen LogP contribution in [0.25, 0.3) is 0 Å². The summed E-state index contributed by atoms with van der Waals surface area (Å²) in [6.45, 7) is 7.46. The Balaban J connectivity index is 2.39. The zero-order valence-electron chi connectivity index (χ0n) is 10.4. The highest BCUT2D eigenvalue weighted by Gasteiger charge is 2.24. The number of nitrogens with zero attached hydrogens (tertiary/aromatic N) is 1. The van der Waals surface area contributed by atoms with Crippen molar-refractivity contribution < 1.29 is 14.3 Å². The molecule has 1 N–H and O–H groups in total. The molecule has 1 aliphatic rings. The van der Waals surface area contributed by atoms with E-state index in [1.54, 1.807) is 7.05 Å². The fourth-order valence-electron chi connectivity index (χ4n) is 1.84. The van der Waals surface area contributed by atoms with E-state index in [9.17, 15) is 4.79 Å². The van der Waals surface area contributed by atoms with Crippen LogP contribution in [-0.2, 0) is 14.3 Å². The van der Waals surface area contributed by atoms with Crippen molar-refractivity contribution in [3.8, 4) is 0 Å². The molecule has 1 rings (SSSR count). The Labute approximate surface area is 97.1 Å². The minimum atomic E-state index is -0.245. The third kappa shape index (κ3) is 4.08. The molecule has 0 saturated carbocycles. The van der Waals surface area contributed by atoms with Crippen molar-refractivity contribution in [2.75, 3.05) is 39.9 Å². The first kappa shape index (κ1) is 13.4. The molecule has 0 bridgehead atoms. The number of carbonyl (C=O) groups is 1. The SMILES string of the molecule is CCOC(=O)C(CN1CCOC(C)C1)NC. The van der Waals surface area contributed by atoms with Gasteiger partial charge in [-0.3, -0.25) is 9.69 Å². The largest absolute Gasteiger partial charge is 0.465 e. The second kappa shape index (κ2) is 6.83. The number of hydrogen-bond donors (Lipinski definition) is 1. The molecule has 1 aliphatic heterocycles. The molecule has 5 heteroatoms. The van der Waals surface area contributed by atoms with E-state index in [0.29, 0.717) is 13.2 Å². The summed E-state index contributed by atoms with van der Waals surface area (Å²) in [7, 11) is 1.78. The van der Waals surface area contributed by atoms with Gasteiger partial charge in [0.05, 0.1) is 19.3 Å². The molecule has 1 fully saturated rings. The smallest absolute Gasteiger partial charge is 0.324 e. The van der Waals surface area contributed by atoms with Crippen LogP contribution in [0, 0.1) is 0 Å². The normalized spacial score (nSPS) is 24.1. The minimum Gasteiger partial charge on any atom is -0.465 e. The monoisotopic (exact) mass is 230 g/mol. The van der Waals surface area contributed by atoms with Crippen molar-refractivity contribution in [3.63, 3.8) is 0 Å². The number of hydrogen-bond acceptors (Lipinski definition) is 5. The van der Waals surface area contributed by atoms with E-state index in [4.69, 9.17) is 9.47 Å². The Morgan fingerprint density at radius 3 is 3.00 bits per heavy atom. The zero-order valence-corrected chi connectivity index (χ0v) is 10.4. The van der Waals surface area contributed by atoms with Crippen LogP contribution < -0.4 is 5.32 Å². The van der Waals surface area contributed by atoms with Gasteiger partial charge in [-0.25, -0.2) is 0 Å². The molecule has 94 valence electrons. The van der Waals surface area contributed by atoms with E-state index < -0.39 is 0 Å². The average molecular weight is 230 g/mol. The molecule has 0 aromatic carbocycles. The number of esters is 1. The maximum Gasteiger partial charge on any atom is 0.324 e. The van der Waals surface area contributed by atoms with E-state index >= 15 is 0 Å². The van der Waals surface area contributed by atoms with Crippen molar-refractivity contribution in [3.05, 3.63) is 0 Å². The van der Waals surface area contributed by atoms with Crippen LogP contribution in [0.3, 0.4) is 0 Å². The van der Waals surface area contributed by atoms with Crippen molar-refractivity contribution in [2.24, 2.45) is 0 Å². The van der Waals surface area contributed by atoms with Gasteiger partial charge >= 0.3 is 5.97 Å². The number of rotatable bonds is 5. The molecule has 2 atom stereocenters. The molecule has 1 heterocycles.